The number of nitriles is 1. The molecular formula is C18H15N3O2. The summed E-state index contributed by atoms with van der Waals surface area (Å²) in [7, 11) is 0. The zero-order chi connectivity index (χ0) is 16.0. The smallest absolute Gasteiger partial charge is 0.254 e. The predicted molar refractivity (Wildman–Crippen MR) is 82.9 cm³/mol. The highest BCUT2D eigenvalue weighted by molar-refractivity contribution is 6.06. The molecule has 4 atom stereocenters. The Balaban J connectivity index is 1.58. The monoisotopic (exact) mass is 305 g/mol. The van der Waals surface area contributed by atoms with E-state index < -0.39 is 0 Å². The van der Waals surface area contributed by atoms with Gasteiger partial charge in [-0.2, -0.15) is 15.4 Å². The number of hydrazone groups is 1. The summed E-state index contributed by atoms with van der Waals surface area (Å²) in [6, 6.07) is 8.89. The maximum absolute atomic E-state index is 12.6. The summed E-state index contributed by atoms with van der Waals surface area (Å²) in [5.41, 5.74) is 1.31. The Kier molecular flexibility index (Phi) is 3.12. The zero-order valence-corrected chi connectivity index (χ0v) is 12.4. The molecule has 5 rings (SSSR count). The Labute approximate surface area is 133 Å². The maximum atomic E-state index is 12.6. The van der Waals surface area contributed by atoms with Crippen LogP contribution in [0.3, 0.4) is 0 Å². The second-order valence-corrected chi connectivity index (χ2v) is 6.31. The van der Waals surface area contributed by atoms with Crippen LogP contribution in [0, 0.1) is 35.0 Å². The number of hydrogen-bond donors (Lipinski definition) is 0. The van der Waals surface area contributed by atoms with E-state index in [4.69, 9.17) is 5.26 Å². The van der Waals surface area contributed by atoms with Crippen LogP contribution in [0.25, 0.3) is 0 Å². The Hall–Kier alpha value is -2.74. The third-order valence-corrected chi connectivity index (χ3v) is 5.10. The van der Waals surface area contributed by atoms with Gasteiger partial charge in [0.15, 0.2) is 0 Å². The van der Waals surface area contributed by atoms with E-state index >= 15 is 0 Å². The lowest BCUT2D eigenvalue weighted by Crippen LogP contribution is -2.38. The first-order valence-electron chi connectivity index (χ1n) is 7.79. The number of rotatable bonds is 2. The van der Waals surface area contributed by atoms with Crippen LogP contribution in [-0.4, -0.2) is 23.0 Å². The van der Waals surface area contributed by atoms with Crippen LogP contribution in [0.15, 0.2) is 41.5 Å². The lowest BCUT2D eigenvalue weighted by molar-refractivity contribution is -0.140. The molecule has 114 valence electrons. The molecule has 3 aliphatic carbocycles. The van der Waals surface area contributed by atoms with E-state index in [1.165, 1.54) is 6.21 Å². The van der Waals surface area contributed by atoms with Crippen LogP contribution in [0.4, 0.5) is 0 Å². The van der Waals surface area contributed by atoms with Crippen LogP contribution >= 0.6 is 0 Å². The number of amides is 2. The second-order valence-electron chi connectivity index (χ2n) is 6.31. The van der Waals surface area contributed by atoms with Gasteiger partial charge in [-0.1, -0.05) is 24.3 Å². The predicted octanol–water partition coefficient (Wildman–Crippen LogP) is 2.09. The van der Waals surface area contributed by atoms with Crippen molar-refractivity contribution in [2.24, 2.45) is 28.8 Å². The number of carbonyl (C=O) groups is 2. The normalized spacial score (nSPS) is 31.7. The Bertz CT molecular complexity index is 740. The molecule has 1 saturated carbocycles. The average molecular weight is 305 g/mol. The fraction of sp³-hybridized carbons (Fsp3) is 0.333. The van der Waals surface area contributed by atoms with Gasteiger partial charge in [0.2, 0.25) is 0 Å². The van der Waals surface area contributed by atoms with Crippen molar-refractivity contribution in [3.8, 4) is 6.07 Å². The molecule has 1 aromatic rings. The molecule has 2 fully saturated rings. The van der Waals surface area contributed by atoms with Crippen LogP contribution in [-0.2, 0) is 9.59 Å². The van der Waals surface area contributed by atoms with E-state index in [1.54, 1.807) is 24.3 Å². The summed E-state index contributed by atoms with van der Waals surface area (Å²) in [6.45, 7) is 0. The van der Waals surface area contributed by atoms with Crippen LogP contribution in [0.5, 0.6) is 0 Å². The number of hydrogen-bond acceptors (Lipinski definition) is 4. The largest absolute Gasteiger partial charge is 0.272 e. The van der Waals surface area contributed by atoms with Gasteiger partial charge in [-0.25, -0.2) is 0 Å². The van der Waals surface area contributed by atoms with E-state index in [9.17, 15) is 9.59 Å². The molecule has 23 heavy (non-hydrogen) atoms. The molecule has 0 radical (unpaired) electrons. The summed E-state index contributed by atoms with van der Waals surface area (Å²) in [5, 5.41) is 14.0. The summed E-state index contributed by atoms with van der Waals surface area (Å²) in [4.78, 5) is 25.2. The fourth-order valence-corrected chi connectivity index (χ4v) is 3.94. The van der Waals surface area contributed by atoms with Crippen molar-refractivity contribution < 1.29 is 9.59 Å². The van der Waals surface area contributed by atoms with E-state index in [0.717, 1.165) is 23.4 Å². The molecule has 0 aromatic heterocycles. The van der Waals surface area contributed by atoms with Crippen molar-refractivity contribution in [2.75, 3.05) is 0 Å². The van der Waals surface area contributed by atoms with Crippen LogP contribution in [0.2, 0.25) is 0 Å². The van der Waals surface area contributed by atoms with E-state index in [-0.39, 0.29) is 35.5 Å². The number of allylic oxidation sites excluding steroid dienone is 2. The minimum Gasteiger partial charge on any atom is -0.272 e. The van der Waals surface area contributed by atoms with Crippen molar-refractivity contribution in [3.05, 3.63) is 47.5 Å². The highest BCUT2D eigenvalue weighted by Gasteiger charge is 2.56. The first kappa shape index (κ1) is 13.9. The highest BCUT2D eigenvalue weighted by Crippen LogP contribution is 2.49. The average Bonchev–Trinajstić information content (AvgIpc) is 2.88. The van der Waals surface area contributed by atoms with Crippen molar-refractivity contribution in [3.63, 3.8) is 0 Å². The van der Waals surface area contributed by atoms with Gasteiger partial charge in [0.1, 0.15) is 0 Å². The Morgan fingerprint density at radius 2 is 1.61 bits per heavy atom. The molecule has 5 heteroatoms. The van der Waals surface area contributed by atoms with Gasteiger partial charge >= 0.3 is 0 Å². The van der Waals surface area contributed by atoms with Crippen molar-refractivity contribution in [1.29, 1.82) is 5.26 Å². The van der Waals surface area contributed by atoms with Gasteiger partial charge < -0.3 is 0 Å². The molecule has 0 N–H and O–H groups in total. The molecule has 1 aromatic carbocycles. The van der Waals surface area contributed by atoms with Crippen LogP contribution < -0.4 is 0 Å². The van der Waals surface area contributed by atoms with Crippen molar-refractivity contribution in [2.45, 2.75) is 12.8 Å². The Morgan fingerprint density at radius 3 is 2.09 bits per heavy atom. The van der Waals surface area contributed by atoms with Crippen LogP contribution in [0.1, 0.15) is 24.0 Å². The summed E-state index contributed by atoms with van der Waals surface area (Å²) >= 11 is 0. The van der Waals surface area contributed by atoms with Gasteiger partial charge in [0.05, 0.1) is 29.7 Å². The molecule has 2 bridgehead atoms. The molecule has 1 aliphatic heterocycles. The fourth-order valence-electron chi connectivity index (χ4n) is 3.94. The number of fused-ring (bicyclic) bond motifs is 1. The second kappa shape index (κ2) is 5.17. The number of carbonyl (C=O) groups excluding carboxylic acids is 2. The molecule has 4 aliphatic rings. The summed E-state index contributed by atoms with van der Waals surface area (Å²) < 4.78 is 0. The number of benzene rings is 1. The molecule has 0 spiro atoms. The topological polar surface area (TPSA) is 73.5 Å². The molecule has 1 saturated heterocycles. The standard InChI is InChI=1S/C18H15N3O2/c19-9-11-1-3-12(4-2-11)10-20-21-17(22)15-13-5-6-14(8-7-13)16(15)18(21)23/h1-6,10,13-16H,7-8H2/b20-10-/t13-,14-,15+,16+/m1/s1. The van der Waals surface area contributed by atoms with Gasteiger partial charge in [-0.15, -0.1) is 0 Å². The zero-order valence-electron chi connectivity index (χ0n) is 12.4. The SMILES string of the molecule is N#Cc1ccc(/C=N\N2C(=O)[C@@H]3[C@@H](C2=O)[C@@H]2C=C[C@@H]3CC2)cc1. The Morgan fingerprint density at radius 1 is 1.04 bits per heavy atom. The number of nitrogens with zero attached hydrogens (tertiary/aromatic N) is 3. The minimum atomic E-state index is -0.232. The van der Waals surface area contributed by atoms with E-state index in [2.05, 4.69) is 17.3 Å². The first-order valence-corrected chi connectivity index (χ1v) is 7.79. The van der Waals surface area contributed by atoms with E-state index in [0.29, 0.717) is 5.56 Å². The molecule has 5 nitrogen and oxygen atoms in total. The quantitative estimate of drug-likeness (QED) is 0.477. The lowest BCUT2D eigenvalue weighted by atomic mass is 9.63. The molecule has 1 heterocycles. The third kappa shape index (κ3) is 2.10. The van der Waals surface area contributed by atoms with Gasteiger partial charge in [0.25, 0.3) is 11.8 Å². The lowest BCUT2D eigenvalue weighted by Gasteiger charge is -2.37. The first-order chi connectivity index (χ1) is 11.2. The minimum absolute atomic E-state index is 0.177. The van der Waals surface area contributed by atoms with E-state index in [1.807, 2.05) is 6.07 Å². The summed E-state index contributed by atoms with van der Waals surface area (Å²) in [5.74, 6) is -0.463. The van der Waals surface area contributed by atoms with Gasteiger partial charge in [-0.05, 0) is 42.4 Å². The van der Waals surface area contributed by atoms with Crippen molar-refractivity contribution in [1.82, 2.24) is 5.01 Å². The molecular weight excluding hydrogens is 290 g/mol. The van der Waals surface area contributed by atoms with Gasteiger partial charge in [-0.3, -0.25) is 9.59 Å². The molecule has 2 amide bonds. The maximum Gasteiger partial charge on any atom is 0.254 e. The third-order valence-electron chi connectivity index (χ3n) is 5.10. The number of imide groups is 1. The van der Waals surface area contributed by atoms with Crippen molar-refractivity contribution >= 4 is 18.0 Å². The highest BCUT2D eigenvalue weighted by atomic mass is 16.2. The van der Waals surface area contributed by atoms with Gasteiger partial charge in [0, 0.05) is 0 Å². The summed E-state index contributed by atoms with van der Waals surface area (Å²) in [6.07, 6.45) is 7.65. The molecule has 0 unspecified atom stereocenters.